The lowest BCUT2D eigenvalue weighted by molar-refractivity contribution is 0.102. The molecule has 1 heterocycles. The number of piperazine rings is 1. The molecule has 2 rings (SSSR count). The van der Waals surface area contributed by atoms with Crippen molar-refractivity contribution in [2.45, 2.75) is 19.9 Å². The molecule has 19 heavy (non-hydrogen) atoms. The highest BCUT2D eigenvalue weighted by molar-refractivity contribution is 9.10. The quantitative estimate of drug-likeness (QED) is 0.922. The molecule has 106 valence electrons. The molecule has 1 aromatic rings. The van der Waals surface area contributed by atoms with Crippen LogP contribution in [0, 0.1) is 6.92 Å². The zero-order chi connectivity index (χ0) is 13.8. The van der Waals surface area contributed by atoms with Gasteiger partial charge < -0.3 is 10.6 Å². The van der Waals surface area contributed by atoms with E-state index in [1.807, 2.05) is 0 Å². The summed E-state index contributed by atoms with van der Waals surface area (Å²) >= 11 is 3.69. The van der Waals surface area contributed by atoms with Crippen LogP contribution in [0.5, 0.6) is 0 Å². The number of nitrogens with zero attached hydrogens (tertiary/aromatic N) is 2. The van der Waals surface area contributed by atoms with Gasteiger partial charge in [0.15, 0.2) is 0 Å². The van der Waals surface area contributed by atoms with Crippen LogP contribution in [0.4, 0.5) is 0 Å². The van der Waals surface area contributed by atoms with Crippen molar-refractivity contribution in [2.75, 3.05) is 39.3 Å². The van der Waals surface area contributed by atoms with E-state index in [0.717, 1.165) is 32.7 Å². The molecular formula is C15H24BrN3. The van der Waals surface area contributed by atoms with Crippen LogP contribution in [0.3, 0.4) is 0 Å². The van der Waals surface area contributed by atoms with E-state index in [0.29, 0.717) is 12.6 Å². The van der Waals surface area contributed by atoms with Gasteiger partial charge in [0.25, 0.3) is 0 Å². The molecule has 0 amide bonds. The highest BCUT2D eigenvalue weighted by Gasteiger charge is 2.24. The number of hydrogen-bond donors (Lipinski definition) is 1. The lowest BCUT2D eigenvalue weighted by atomic mass is 10.0. The minimum atomic E-state index is 0.328. The molecule has 1 atom stereocenters. The molecule has 0 saturated carbocycles. The number of rotatable bonds is 4. The van der Waals surface area contributed by atoms with E-state index in [4.69, 9.17) is 5.73 Å². The van der Waals surface area contributed by atoms with Gasteiger partial charge >= 0.3 is 0 Å². The number of halogens is 1. The maximum atomic E-state index is 6.03. The summed E-state index contributed by atoms with van der Waals surface area (Å²) in [6, 6.07) is 6.89. The van der Waals surface area contributed by atoms with Crippen LogP contribution in [0.15, 0.2) is 22.7 Å². The Kier molecular flexibility index (Phi) is 5.39. The standard InChI is InChI=1S/C15H24BrN3/c1-3-18-6-8-19(9-7-18)15(11-17)13-5-4-12(2)10-14(13)16/h4-5,10,15H,3,6-9,11,17H2,1-2H3. The second kappa shape index (κ2) is 6.84. The summed E-state index contributed by atoms with van der Waals surface area (Å²) in [6.07, 6.45) is 0. The first kappa shape index (κ1) is 15.0. The summed E-state index contributed by atoms with van der Waals surface area (Å²) in [6.45, 7) is 10.7. The Hall–Kier alpha value is -0.420. The Labute approximate surface area is 124 Å². The molecular weight excluding hydrogens is 302 g/mol. The topological polar surface area (TPSA) is 32.5 Å². The fourth-order valence-electron chi connectivity index (χ4n) is 2.77. The van der Waals surface area contributed by atoms with Gasteiger partial charge in [-0.2, -0.15) is 0 Å². The molecule has 1 unspecified atom stereocenters. The Morgan fingerprint density at radius 1 is 1.26 bits per heavy atom. The average molecular weight is 326 g/mol. The van der Waals surface area contributed by atoms with E-state index in [2.05, 4.69) is 57.8 Å². The fraction of sp³-hybridized carbons (Fsp3) is 0.600. The van der Waals surface area contributed by atoms with Crippen molar-refractivity contribution in [3.8, 4) is 0 Å². The van der Waals surface area contributed by atoms with E-state index in [-0.39, 0.29) is 0 Å². The van der Waals surface area contributed by atoms with Gasteiger partial charge in [0.2, 0.25) is 0 Å². The summed E-state index contributed by atoms with van der Waals surface area (Å²) in [7, 11) is 0. The molecule has 0 bridgehead atoms. The van der Waals surface area contributed by atoms with Gasteiger partial charge in [-0.1, -0.05) is 35.0 Å². The molecule has 2 N–H and O–H groups in total. The number of hydrogen-bond acceptors (Lipinski definition) is 3. The SMILES string of the molecule is CCN1CCN(C(CN)c2ccc(C)cc2Br)CC1. The molecule has 1 saturated heterocycles. The van der Waals surface area contributed by atoms with Gasteiger partial charge in [0.1, 0.15) is 0 Å². The van der Waals surface area contributed by atoms with E-state index in [1.165, 1.54) is 15.6 Å². The van der Waals surface area contributed by atoms with Crippen molar-refractivity contribution in [3.05, 3.63) is 33.8 Å². The zero-order valence-electron chi connectivity index (χ0n) is 11.9. The normalized spacial score (nSPS) is 19.6. The van der Waals surface area contributed by atoms with Crippen molar-refractivity contribution in [1.29, 1.82) is 0 Å². The zero-order valence-corrected chi connectivity index (χ0v) is 13.5. The van der Waals surface area contributed by atoms with Crippen molar-refractivity contribution >= 4 is 15.9 Å². The molecule has 0 spiro atoms. The van der Waals surface area contributed by atoms with Crippen molar-refractivity contribution in [1.82, 2.24) is 9.80 Å². The number of aryl methyl sites for hydroxylation is 1. The van der Waals surface area contributed by atoms with Gasteiger partial charge in [0, 0.05) is 43.2 Å². The van der Waals surface area contributed by atoms with E-state index in [9.17, 15) is 0 Å². The first-order valence-corrected chi connectivity index (χ1v) is 7.87. The number of nitrogens with two attached hydrogens (primary N) is 1. The smallest absolute Gasteiger partial charge is 0.0482 e. The molecule has 1 aromatic carbocycles. The molecule has 0 aromatic heterocycles. The highest BCUT2D eigenvalue weighted by atomic mass is 79.9. The lowest BCUT2D eigenvalue weighted by Crippen LogP contribution is -2.48. The minimum Gasteiger partial charge on any atom is -0.329 e. The summed E-state index contributed by atoms with van der Waals surface area (Å²) in [5, 5.41) is 0. The summed E-state index contributed by atoms with van der Waals surface area (Å²) in [4.78, 5) is 5.01. The highest BCUT2D eigenvalue weighted by Crippen LogP contribution is 2.28. The van der Waals surface area contributed by atoms with Gasteiger partial charge in [0.05, 0.1) is 0 Å². The molecule has 3 nitrogen and oxygen atoms in total. The second-order valence-corrected chi connectivity index (χ2v) is 6.10. The van der Waals surface area contributed by atoms with Crippen molar-refractivity contribution in [3.63, 3.8) is 0 Å². The predicted octanol–water partition coefficient (Wildman–Crippen LogP) is 2.39. The van der Waals surface area contributed by atoms with Crippen LogP contribution in [0.2, 0.25) is 0 Å². The lowest BCUT2D eigenvalue weighted by Gasteiger charge is -2.39. The Bertz CT molecular complexity index is 414. The fourth-order valence-corrected chi connectivity index (χ4v) is 3.52. The van der Waals surface area contributed by atoms with E-state index < -0.39 is 0 Å². The largest absolute Gasteiger partial charge is 0.329 e. The minimum absolute atomic E-state index is 0.328. The second-order valence-electron chi connectivity index (χ2n) is 5.25. The van der Waals surface area contributed by atoms with Gasteiger partial charge in [-0.25, -0.2) is 0 Å². The van der Waals surface area contributed by atoms with Crippen LogP contribution in [-0.4, -0.2) is 49.1 Å². The number of likely N-dealkylation sites (N-methyl/N-ethyl adjacent to an activating group) is 1. The molecule has 4 heteroatoms. The van der Waals surface area contributed by atoms with E-state index >= 15 is 0 Å². The predicted molar refractivity (Wildman–Crippen MR) is 84.4 cm³/mol. The van der Waals surface area contributed by atoms with Crippen LogP contribution in [0.25, 0.3) is 0 Å². The summed E-state index contributed by atoms with van der Waals surface area (Å²) in [5.74, 6) is 0. The molecule has 1 aliphatic rings. The van der Waals surface area contributed by atoms with E-state index in [1.54, 1.807) is 0 Å². The molecule has 0 radical (unpaired) electrons. The van der Waals surface area contributed by atoms with Gasteiger partial charge in [-0.05, 0) is 30.7 Å². The maximum absolute atomic E-state index is 6.03. The number of benzene rings is 1. The molecule has 1 fully saturated rings. The summed E-state index contributed by atoms with van der Waals surface area (Å²) < 4.78 is 1.18. The monoisotopic (exact) mass is 325 g/mol. The maximum Gasteiger partial charge on any atom is 0.0482 e. The van der Waals surface area contributed by atoms with Crippen molar-refractivity contribution < 1.29 is 0 Å². The molecule has 0 aliphatic carbocycles. The third-order valence-electron chi connectivity index (χ3n) is 4.03. The van der Waals surface area contributed by atoms with Crippen molar-refractivity contribution in [2.24, 2.45) is 5.73 Å². The van der Waals surface area contributed by atoms with Crippen LogP contribution in [-0.2, 0) is 0 Å². The first-order chi connectivity index (χ1) is 9.15. The Morgan fingerprint density at radius 2 is 1.95 bits per heavy atom. The summed E-state index contributed by atoms with van der Waals surface area (Å²) in [5.41, 5.74) is 8.63. The molecule has 1 aliphatic heterocycles. The van der Waals surface area contributed by atoms with Gasteiger partial charge in [-0.15, -0.1) is 0 Å². The average Bonchev–Trinajstić information content (AvgIpc) is 2.42. The Balaban J connectivity index is 2.12. The van der Waals surface area contributed by atoms with Crippen LogP contribution < -0.4 is 5.73 Å². The third kappa shape index (κ3) is 3.57. The first-order valence-electron chi connectivity index (χ1n) is 7.08. The van der Waals surface area contributed by atoms with Crippen LogP contribution in [0.1, 0.15) is 24.1 Å². The Morgan fingerprint density at radius 3 is 2.47 bits per heavy atom. The van der Waals surface area contributed by atoms with Crippen LogP contribution >= 0.6 is 15.9 Å². The van der Waals surface area contributed by atoms with Gasteiger partial charge in [-0.3, -0.25) is 4.90 Å². The third-order valence-corrected chi connectivity index (χ3v) is 4.72.